The molecule has 1 amide bonds. The number of halogens is 2. The van der Waals surface area contributed by atoms with E-state index in [2.05, 4.69) is 37.2 Å². The van der Waals surface area contributed by atoms with Crippen molar-refractivity contribution < 1.29 is 26.2 Å². The Labute approximate surface area is 179 Å². The van der Waals surface area contributed by atoms with E-state index in [0.29, 0.717) is 0 Å². The number of hydrogen-bond donors (Lipinski definition) is 3. The van der Waals surface area contributed by atoms with Crippen LogP contribution in [0.25, 0.3) is 0 Å². The molecule has 4 N–H and O–H groups in total. The average molecular weight is 556 g/mol. The second kappa shape index (κ2) is 7.75. The normalized spacial score (nSPS) is 12.6. The van der Waals surface area contributed by atoms with E-state index in [4.69, 9.17) is 5.73 Å². The molecule has 0 radical (unpaired) electrons. The first-order valence-corrected chi connectivity index (χ1v) is 12.1. The molecule has 12 heteroatoms. The zero-order valence-corrected chi connectivity index (χ0v) is 19.4. The number of alkyl halides is 2. The Morgan fingerprint density at radius 3 is 2.21 bits per heavy atom. The van der Waals surface area contributed by atoms with Crippen LogP contribution in [0.15, 0.2) is 51.1 Å². The van der Waals surface area contributed by atoms with E-state index in [1.165, 1.54) is 37.3 Å². The maximum absolute atomic E-state index is 13.0. The molecule has 28 heavy (non-hydrogen) atoms. The van der Waals surface area contributed by atoms with Gasteiger partial charge in [-0.05, 0) is 49.7 Å². The maximum Gasteiger partial charge on any atom is 0.294 e. The van der Waals surface area contributed by atoms with Crippen LogP contribution in [0, 0.1) is 6.92 Å². The monoisotopic (exact) mass is 554 g/mol. The van der Waals surface area contributed by atoms with E-state index in [1.54, 1.807) is 6.92 Å². The van der Waals surface area contributed by atoms with E-state index in [-0.39, 0.29) is 26.7 Å². The molecule has 0 bridgehead atoms. The molecule has 0 aliphatic rings. The molecule has 0 saturated heterocycles. The molecule has 0 heterocycles. The Hall–Kier alpha value is -1.47. The fourth-order valence-electron chi connectivity index (χ4n) is 2.24. The molecule has 0 saturated carbocycles. The highest BCUT2D eigenvalue weighted by atomic mass is 79.9. The predicted molar refractivity (Wildman–Crippen MR) is 112 cm³/mol. The molecule has 152 valence electrons. The molecule has 0 unspecified atom stereocenters. The number of nitrogens with two attached hydrogens (primary N) is 1. The van der Waals surface area contributed by atoms with Crippen LogP contribution in [-0.4, -0.2) is 30.5 Å². The summed E-state index contributed by atoms with van der Waals surface area (Å²) in [6.07, 6.45) is 0. The van der Waals surface area contributed by atoms with Gasteiger partial charge in [0, 0.05) is 5.69 Å². The Balaban J connectivity index is 2.58. The highest BCUT2D eigenvalue weighted by molar-refractivity contribution is 9.25. The minimum atomic E-state index is -4.61. The average Bonchev–Trinajstić information content (AvgIpc) is 2.54. The van der Waals surface area contributed by atoms with Crippen LogP contribution < -0.4 is 11.1 Å². The van der Waals surface area contributed by atoms with Gasteiger partial charge in [-0.1, -0.05) is 37.9 Å². The summed E-state index contributed by atoms with van der Waals surface area (Å²) in [7, 11) is -8.85. The smallest absolute Gasteiger partial charge is 0.294 e. The van der Waals surface area contributed by atoms with Crippen molar-refractivity contribution in [3.8, 4) is 0 Å². The Morgan fingerprint density at radius 2 is 1.68 bits per heavy atom. The lowest BCUT2D eigenvalue weighted by molar-refractivity contribution is -0.115. The minimum absolute atomic E-state index is 0.0903. The van der Waals surface area contributed by atoms with Crippen LogP contribution in [0.2, 0.25) is 0 Å². The number of anilines is 2. The number of nitrogens with one attached hydrogen (secondary N) is 1. The lowest BCUT2D eigenvalue weighted by atomic mass is 10.2. The summed E-state index contributed by atoms with van der Waals surface area (Å²) in [5, 5.41) is 2.53. The number of aryl methyl sites for hydroxylation is 1. The minimum Gasteiger partial charge on any atom is -0.398 e. The van der Waals surface area contributed by atoms with E-state index in [1.807, 2.05) is 0 Å². The van der Waals surface area contributed by atoms with Crippen LogP contribution in [0.3, 0.4) is 0 Å². The van der Waals surface area contributed by atoms with Crippen molar-refractivity contribution in [2.45, 2.75) is 31.8 Å². The fraction of sp³-hybridized carbons (Fsp3) is 0.188. The number of sulfone groups is 1. The van der Waals surface area contributed by atoms with E-state index >= 15 is 0 Å². The van der Waals surface area contributed by atoms with Gasteiger partial charge in [-0.3, -0.25) is 9.35 Å². The summed E-state index contributed by atoms with van der Waals surface area (Å²) >= 11 is 6.25. The van der Waals surface area contributed by atoms with Crippen LogP contribution in [0.5, 0.6) is 0 Å². The van der Waals surface area contributed by atoms with Gasteiger partial charge in [0.05, 0.1) is 20.4 Å². The third-order valence-corrected chi connectivity index (χ3v) is 7.23. The summed E-state index contributed by atoms with van der Waals surface area (Å²) < 4.78 is 57.2. The number of carbonyl (C=O) groups is 1. The molecule has 0 spiro atoms. The second-order valence-electron chi connectivity index (χ2n) is 6.00. The van der Waals surface area contributed by atoms with Crippen LogP contribution in [0.4, 0.5) is 11.4 Å². The molecular formula is C16H16Br2N2O6S2. The number of benzene rings is 2. The molecule has 0 fully saturated rings. The SMILES string of the molecule is Cc1ccc(S(=O)(=O)c2cc(NC(=O)C(C)(Br)Br)ccc2N)cc1S(=O)(=O)O. The molecule has 2 aromatic carbocycles. The third-order valence-electron chi connectivity index (χ3n) is 3.71. The van der Waals surface area contributed by atoms with Crippen molar-refractivity contribution in [3.05, 3.63) is 42.0 Å². The van der Waals surface area contributed by atoms with Gasteiger partial charge in [-0.25, -0.2) is 8.42 Å². The second-order valence-corrected chi connectivity index (χ2v) is 13.5. The first-order valence-electron chi connectivity index (χ1n) is 7.56. The summed E-state index contributed by atoms with van der Waals surface area (Å²) in [5.74, 6) is -0.482. The number of nitrogen functional groups attached to an aromatic ring is 1. The van der Waals surface area contributed by atoms with Gasteiger partial charge in [0.15, 0.2) is 3.23 Å². The summed E-state index contributed by atoms with van der Waals surface area (Å²) in [6.45, 7) is 2.96. The van der Waals surface area contributed by atoms with E-state index in [9.17, 15) is 26.2 Å². The van der Waals surface area contributed by atoms with E-state index < -0.39 is 34.0 Å². The Morgan fingerprint density at radius 1 is 1.07 bits per heavy atom. The van der Waals surface area contributed by atoms with Crippen molar-refractivity contribution in [3.63, 3.8) is 0 Å². The van der Waals surface area contributed by atoms with Crippen molar-refractivity contribution in [1.82, 2.24) is 0 Å². The van der Waals surface area contributed by atoms with Crippen molar-refractivity contribution >= 4 is 69.1 Å². The lowest BCUT2D eigenvalue weighted by Gasteiger charge is -2.16. The summed E-state index contributed by atoms with van der Waals surface area (Å²) in [5.41, 5.74) is 6.07. The zero-order chi connectivity index (χ0) is 21.5. The maximum atomic E-state index is 13.0. The largest absolute Gasteiger partial charge is 0.398 e. The van der Waals surface area contributed by atoms with Crippen molar-refractivity contribution in [2.75, 3.05) is 11.1 Å². The third kappa shape index (κ3) is 4.92. The van der Waals surface area contributed by atoms with Gasteiger partial charge >= 0.3 is 0 Å². The molecular weight excluding hydrogens is 540 g/mol. The highest BCUT2D eigenvalue weighted by Crippen LogP contribution is 2.32. The lowest BCUT2D eigenvalue weighted by Crippen LogP contribution is -2.28. The fourth-order valence-corrected chi connectivity index (χ4v) is 4.70. The first-order chi connectivity index (χ1) is 12.6. The first kappa shape index (κ1) is 22.8. The molecule has 2 rings (SSSR count). The molecule has 0 aliphatic carbocycles. The Kier molecular flexibility index (Phi) is 6.31. The quantitative estimate of drug-likeness (QED) is 0.292. The zero-order valence-electron chi connectivity index (χ0n) is 14.6. The number of carbonyl (C=O) groups excluding carboxylic acids is 1. The molecule has 0 aromatic heterocycles. The van der Waals surface area contributed by atoms with Crippen molar-refractivity contribution in [2.24, 2.45) is 0 Å². The summed E-state index contributed by atoms with van der Waals surface area (Å²) in [6, 6.07) is 7.23. The molecule has 0 aliphatic heterocycles. The van der Waals surface area contributed by atoms with Gasteiger partial charge < -0.3 is 11.1 Å². The number of amides is 1. The van der Waals surface area contributed by atoms with Gasteiger partial charge in [0.2, 0.25) is 9.84 Å². The molecule has 8 nitrogen and oxygen atoms in total. The molecule has 0 atom stereocenters. The van der Waals surface area contributed by atoms with Gasteiger partial charge in [0.1, 0.15) is 0 Å². The predicted octanol–water partition coefficient (Wildman–Crippen LogP) is 3.10. The van der Waals surface area contributed by atoms with Gasteiger partial charge in [0.25, 0.3) is 16.0 Å². The molecule has 2 aromatic rings. The number of hydrogen-bond acceptors (Lipinski definition) is 6. The summed E-state index contributed by atoms with van der Waals surface area (Å²) in [4.78, 5) is 10.9. The Bertz CT molecular complexity index is 1160. The number of rotatable bonds is 5. The van der Waals surface area contributed by atoms with Crippen LogP contribution >= 0.6 is 31.9 Å². The van der Waals surface area contributed by atoms with Gasteiger partial charge in [-0.2, -0.15) is 8.42 Å². The van der Waals surface area contributed by atoms with Crippen molar-refractivity contribution in [1.29, 1.82) is 0 Å². The van der Waals surface area contributed by atoms with Crippen LogP contribution in [-0.2, 0) is 24.7 Å². The topological polar surface area (TPSA) is 144 Å². The van der Waals surface area contributed by atoms with Crippen LogP contribution in [0.1, 0.15) is 12.5 Å². The highest BCUT2D eigenvalue weighted by Gasteiger charge is 2.28. The van der Waals surface area contributed by atoms with Gasteiger partial charge in [-0.15, -0.1) is 0 Å². The van der Waals surface area contributed by atoms with E-state index in [0.717, 1.165) is 6.07 Å². The standard InChI is InChI=1S/C16H16Br2N2O6S2/c1-9-3-5-11(8-13(9)28(24,25)26)27(22,23)14-7-10(4-6-12(14)19)20-15(21)16(2,17)18/h3-8H,19H2,1-2H3,(H,20,21)(H,24,25,26).